The van der Waals surface area contributed by atoms with E-state index in [-0.39, 0.29) is 25.9 Å². The zero-order valence-electron chi connectivity index (χ0n) is 2.07. The Morgan fingerprint density at radius 1 is 1.00 bits per heavy atom. The van der Waals surface area contributed by atoms with Crippen LogP contribution in [0.1, 0.15) is 0 Å². The Morgan fingerprint density at radius 2 is 1.00 bits per heavy atom. The molecule has 0 atom stereocenters. The van der Waals surface area contributed by atoms with Crippen LogP contribution in [0.3, 0.4) is 0 Å². The monoisotopic (exact) mass is 238 g/mol. The molecule has 0 bridgehead atoms. The molecule has 0 aliphatic heterocycles. The van der Waals surface area contributed by atoms with Crippen molar-refractivity contribution in [3.8, 4) is 0 Å². The Kier molecular flexibility index (Phi) is 56.1. The van der Waals surface area contributed by atoms with Gasteiger partial charge in [0.1, 0.15) is 0 Å². The number of hydrogen-bond acceptors (Lipinski definition) is 0. The first kappa shape index (κ1) is 16.0. The number of rotatable bonds is 0. The Hall–Kier alpha value is 1.59. The molecule has 0 spiro atoms. The fourth-order valence-electron chi connectivity index (χ4n) is 0. The van der Waals surface area contributed by atoms with E-state index in [1.807, 2.05) is 0 Å². The van der Waals surface area contributed by atoms with Gasteiger partial charge in [0.15, 0.2) is 0 Å². The Morgan fingerprint density at radius 3 is 1.00 bits per heavy atom. The number of halogens is 2. The minimum absolute atomic E-state index is 0. The van der Waals surface area contributed by atoms with Gasteiger partial charge in [-0.3, -0.25) is 0 Å². The van der Waals surface area contributed by atoms with Gasteiger partial charge in [-0.25, -0.2) is 0 Å². The Balaban J connectivity index is -0.0000000200. The van der Waals surface area contributed by atoms with E-state index in [0.717, 1.165) is 0 Å². The molecule has 0 aromatic carbocycles. The fourth-order valence-corrected chi connectivity index (χ4v) is 0. The summed E-state index contributed by atoms with van der Waals surface area (Å²) in [6.07, 6.45) is 0. The normalized spacial score (nSPS) is 4.40. The maximum atomic E-state index is 3.19. The standard InChI is InChI=1S/2BrH.2O.Ti/h2*1H;;;/q;;2*-2;+6/p-2. The second-order valence-corrected chi connectivity index (χ2v) is 7.95. The first-order valence-electron chi connectivity index (χ1n) is 0.378. The van der Waals surface area contributed by atoms with Crippen molar-refractivity contribution in [1.82, 2.24) is 0 Å². The summed E-state index contributed by atoms with van der Waals surface area (Å²) < 4.78 is 0. The van der Waals surface area contributed by atoms with Crippen LogP contribution in [-0.4, -0.2) is 0 Å². The van der Waals surface area contributed by atoms with Gasteiger partial charge in [-0.1, -0.05) is 0 Å². The zero-order valence-corrected chi connectivity index (χ0v) is 6.81. The van der Waals surface area contributed by atoms with Crippen molar-refractivity contribution >= 4 is 26.3 Å². The van der Waals surface area contributed by atoms with E-state index in [0.29, 0.717) is 0 Å². The first-order valence-corrected chi connectivity index (χ1v) is 8.10. The van der Waals surface area contributed by atoms with Gasteiger partial charge in [-0.05, 0) is 0 Å². The van der Waals surface area contributed by atoms with E-state index in [9.17, 15) is 0 Å². The molecule has 0 aromatic heterocycles. The van der Waals surface area contributed by atoms with Crippen LogP contribution in [0, 0.1) is 0 Å². The summed E-state index contributed by atoms with van der Waals surface area (Å²) in [6, 6.07) is 0. The summed E-state index contributed by atoms with van der Waals surface area (Å²) in [7, 11) is 0. The Bertz CT molecular complexity index is 7.61. The van der Waals surface area contributed by atoms with Crippen LogP contribution in [0.25, 0.3) is 0 Å². The molecule has 0 rings (SSSR count). The summed E-state index contributed by atoms with van der Waals surface area (Å²) in [5, 5.41) is 0. The van der Waals surface area contributed by atoms with Crippen molar-refractivity contribution in [3.05, 3.63) is 0 Å². The molecular weight excluding hydrogens is 240 g/mol. The van der Waals surface area contributed by atoms with E-state index in [4.69, 9.17) is 0 Å². The van der Waals surface area contributed by atoms with Gasteiger partial charge in [-0.15, -0.1) is 0 Å². The molecule has 0 aliphatic rings. The molecule has 0 aliphatic carbocycles. The van der Waals surface area contributed by atoms with Gasteiger partial charge < -0.3 is 11.0 Å². The van der Waals surface area contributed by atoms with Gasteiger partial charge in [0.2, 0.25) is 0 Å². The second-order valence-electron chi connectivity index (χ2n) is 0.0714. The van der Waals surface area contributed by atoms with Gasteiger partial charge in [-0.2, -0.15) is 0 Å². The van der Waals surface area contributed by atoms with Crippen molar-refractivity contribution in [2.24, 2.45) is 0 Å². The third-order valence-corrected chi connectivity index (χ3v) is 0. The molecule has 2 nitrogen and oxygen atoms in total. The predicted molar refractivity (Wildman–Crippen MR) is 19.2 cm³/mol. The maximum absolute atomic E-state index is 3.19. The third kappa shape index (κ3) is 28.4. The van der Waals surface area contributed by atoms with E-state index < -0.39 is 0 Å². The molecule has 5 heavy (non-hydrogen) atoms. The molecule has 0 saturated carbocycles. The SMILES string of the molecule is [Br][Ti+4][Br].[O-2].[O-2]. The second kappa shape index (κ2) is 17.5. The molecule has 0 fully saturated rings. The molecule has 0 amide bonds. The first-order chi connectivity index (χ1) is 1.41. The molecule has 0 heterocycles. The third-order valence-electron chi connectivity index (χ3n) is 0. The largest absolute Gasteiger partial charge is 2.00 e. The summed E-state index contributed by atoms with van der Waals surface area (Å²) in [4.78, 5) is 0. The summed E-state index contributed by atoms with van der Waals surface area (Å²) in [5.41, 5.74) is 0. The van der Waals surface area contributed by atoms with E-state index >= 15 is 0 Å². The Labute approximate surface area is 52.0 Å². The molecule has 0 saturated heterocycles. The van der Waals surface area contributed by atoms with Gasteiger partial charge in [0.25, 0.3) is 0 Å². The molecule has 0 N–H and O–H groups in total. The molecule has 30 valence electrons. The van der Waals surface area contributed by atoms with Crippen LogP contribution in [0.4, 0.5) is 0 Å². The van der Waals surface area contributed by atoms with Gasteiger partial charge >= 0.3 is 41.3 Å². The van der Waals surface area contributed by atoms with E-state index in [1.54, 1.807) is 0 Å². The van der Waals surface area contributed by atoms with Crippen LogP contribution in [-0.2, 0) is 25.9 Å². The minimum atomic E-state index is 0. The summed E-state index contributed by atoms with van der Waals surface area (Å²) >= 11 is 6.50. The van der Waals surface area contributed by atoms with E-state index in [1.165, 1.54) is 0 Å². The van der Waals surface area contributed by atoms with Gasteiger partial charge in [0, 0.05) is 0 Å². The summed E-state index contributed by atoms with van der Waals surface area (Å²) in [6.45, 7) is 0. The average Bonchev–Trinajstić information content (AvgIpc) is 0.918. The van der Waals surface area contributed by atoms with Crippen LogP contribution in [0.5, 0.6) is 0 Å². The fraction of sp³-hybridized carbons (Fsp3) is 0. The molecule has 0 unspecified atom stereocenters. The minimum Gasteiger partial charge on any atom is -2.00 e. The van der Waals surface area contributed by atoms with Crippen LogP contribution < -0.4 is 0 Å². The quantitative estimate of drug-likeness (QED) is 0.575. The van der Waals surface area contributed by atoms with Crippen LogP contribution in [0.2, 0.25) is 0 Å². The van der Waals surface area contributed by atoms with Crippen LogP contribution in [0.15, 0.2) is 0 Å². The maximum Gasteiger partial charge on any atom is -2.00 e. The van der Waals surface area contributed by atoms with Crippen molar-refractivity contribution < 1.29 is 25.9 Å². The average molecular weight is 240 g/mol. The summed E-state index contributed by atoms with van der Waals surface area (Å²) in [5.74, 6) is 0. The molecule has 0 aromatic rings. The smallest absolute Gasteiger partial charge is 2.00 e. The molecular formula is Br2O2Ti. The van der Waals surface area contributed by atoms with Crippen molar-refractivity contribution in [2.75, 3.05) is 0 Å². The van der Waals surface area contributed by atoms with Crippen molar-refractivity contribution in [2.45, 2.75) is 0 Å². The topological polar surface area (TPSA) is 57.0 Å². The molecule has 0 radical (unpaired) electrons. The zero-order chi connectivity index (χ0) is 2.71. The number of hydrogen-bond donors (Lipinski definition) is 0. The van der Waals surface area contributed by atoms with E-state index in [2.05, 4.69) is 26.3 Å². The van der Waals surface area contributed by atoms with Crippen LogP contribution >= 0.6 is 26.3 Å². The van der Waals surface area contributed by atoms with Crippen molar-refractivity contribution in [3.63, 3.8) is 0 Å². The van der Waals surface area contributed by atoms with Gasteiger partial charge in [0.05, 0.1) is 0 Å². The molecule has 5 heteroatoms. The van der Waals surface area contributed by atoms with Crippen molar-refractivity contribution in [1.29, 1.82) is 0 Å². The predicted octanol–water partition coefficient (Wildman–Crippen LogP) is 1.45.